The molecule has 88 valence electrons. The number of benzene rings is 2. The van der Waals surface area contributed by atoms with Crippen molar-refractivity contribution in [2.24, 2.45) is 0 Å². The van der Waals surface area contributed by atoms with Crippen LogP contribution in [-0.2, 0) is 0 Å². The Kier molecular flexibility index (Phi) is 4.19. The van der Waals surface area contributed by atoms with E-state index < -0.39 is 0 Å². The fourth-order valence-corrected chi connectivity index (χ4v) is 2.94. The van der Waals surface area contributed by atoms with Crippen molar-refractivity contribution < 1.29 is 4.79 Å². The molecule has 0 bridgehead atoms. The van der Waals surface area contributed by atoms with Gasteiger partial charge in [-0.3, -0.25) is 4.79 Å². The van der Waals surface area contributed by atoms with Crippen LogP contribution in [0.1, 0.15) is 15.9 Å². The average molecular weight is 318 g/mol. The first-order chi connectivity index (χ1) is 8.72. The molecule has 2 rings (SSSR count). The minimum absolute atomic E-state index is 0.518. The van der Waals surface area contributed by atoms with Crippen LogP contribution in [0.15, 0.2) is 56.7 Å². The maximum atomic E-state index is 10.7. The number of nitrogens with zero attached hydrogens (tertiary/aromatic N) is 1. The standard InChI is InChI=1S/C14H8BrNOS/c15-12-2-1-3-13(7-12)18-14-5-4-10(9-17)6-11(14)8-16/h1-7,9H. The van der Waals surface area contributed by atoms with Crippen molar-refractivity contribution in [1.29, 1.82) is 5.26 Å². The molecule has 0 amide bonds. The van der Waals surface area contributed by atoms with Gasteiger partial charge in [0.25, 0.3) is 0 Å². The molecule has 2 aromatic carbocycles. The fourth-order valence-electron chi connectivity index (χ4n) is 1.45. The van der Waals surface area contributed by atoms with E-state index in [2.05, 4.69) is 22.0 Å². The summed E-state index contributed by atoms with van der Waals surface area (Å²) in [5, 5.41) is 9.08. The first-order valence-corrected chi connectivity index (χ1v) is 6.76. The van der Waals surface area contributed by atoms with Crippen LogP contribution in [0.4, 0.5) is 0 Å². The van der Waals surface area contributed by atoms with E-state index >= 15 is 0 Å². The van der Waals surface area contributed by atoms with E-state index in [1.807, 2.05) is 24.3 Å². The summed E-state index contributed by atoms with van der Waals surface area (Å²) in [6.07, 6.45) is 0.744. The highest BCUT2D eigenvalue weighted by Gasteiger charge is 2.05. The summed E-state index contributed by atoms with van der Waals surface area (Å²) < 4.78 is 0.996. The number of hydrogen-bond acceptors (Lipinski definition) is 3. The number of rotatable bonds is 3. The van der Waals surface area contributed by atoms with E-state index in [9.17, 15) is 4.79 Å². The molecule has 0 saturated heterocycles. The zero-order chi connectivity index (χ0) is 13.0. The van der Waals surface area contributed by atoms with Crippen LogP contribution in [-0.4, -0.2) is 6.29 Å². The SMILES string of the molecule is N#Cc1cc(C=O)ccc1Sc1cccc(Br)c1. The number of aldehydes is 1. The molecule has 0 spiro atoms. The third-order valence-electron chi connectivity index (χ3n) is 2.28. The predicted octanol–water partition coefficient (Wildman–Crippen LogP) is 4.28. The summed E-state index contributed by atoms with van der Waals surface area (Å²) in [5.41, 5.74) is 1.04. The molecule has 0 N–H and O–H groups in total. The second-order valence-electron chi connectivity index (χ2n) is 3.54. The van der Waals surface area contributed by atoms with Crippen molar-refractivity contribution >= 4 is 34.0 Å². The highest BCUT2D eigenvalue weighted by molar-refractivity contribution is 9.10. The van der Waals surface area contributed by atoms with E-state index in [0.717, 1.165) is 20.5 Å². The Labute approximate surface area is 118 Å². The van der Waals surface area contributed by atoms with E-state index in [1.54, 1.807) is 18.2 Å². The fraction of sp³-hybridized carbons (Fsp3) is 0. The van der Waals surface area contributed by atoms with Crippen LogP contribution in [0.3, 0.4) is 0 Å². The average Bonchev–Trinajstić information content (AvgIpc) is 2.39. The zero-order valence-corrected chi connectivity index (χ0v) is 11.7. The van der Waals surface area contributed by atoms with E-state index in [0.29, 0.717) is 11.1 Å². The Bertz CT molecular complexity index is 634. The van der Waals surface area contributed by atoms with Crippen molar-refractivity contribution in [3.63, 3.8) is 0 Å². The summed E-state index contributed by atoms with van der Waals surface area (Å²) in [6.45, 7) is 0. The normalized spacial score (nSPS) is 9.78. The number of carbonyl (C=O) groups is 1. The Balaban J connectivity index is 2.35. The van der Waals surface area contributed by atoms with Crippen LogP contribution in [0.25, 0.3) is 0 Å². The van der Waals surface area contributed by atoms with Crippen LogP contribution in [0.2, 0.25) is 0 Å². The minimum Gasteiger partial charge on any atom is -0.298 e. The topological polar surface area (TPSA) is 40.9 Å². The Morgan fingerprint density at radius 1 is 1.22 bits per heavy atom. The largest absolute Gasteiger partial charge is 0.298 e. The Hall–Kier alpha value is -1.57. The van der Waals surface area contributed by atoms with Gasteiger partial charge in [-0.2, -0.15) is 5.26 Å². The number of nitriles is 1. The summed E-state index contributed by atoms with van der Waals surface area (Å²) in [6, 6.07) is 15.1. The highest BCUT2D eigenvalue weighted by atomic mass is 79.9. The lowest BCUT2D eigenvalue weighted by Crippen LogP contribution is -1.86. The summed E-state index contributed by atoms with van der Waals surface area (Å²) >= 11 is 4.91. The Morgan fingerprint density at radius 3 is 2.72 bits per heavy atom. The first-order valence-electron chi connectivity index (χ1n) is 5.15. The van der Waals surface area contributed by atoms with Gasteiger partial charge < -0.3 is 0 Å². The lowest BCUT2D eigenvalue weighted by atomic mass is 10.1. The lowest BCUT2D eigenvalue weighted by molar-refractivity contribution is 0.112. The van der Waals surface area contributed by atoms with Gasteiger partial charge in [0.05, 0.1) is 5.56 Å². The highest BCUT2D eigenvalue weighted by Crippen LogP contribution is 2.31. The molecule has 0 aliphatic rings. The molecule has 18 heavy (non-hydrogen) atoms. The maximum Gasteiger partial charge on any atom is 0.150 e. The van der Waals surface area contributed by atoms with Gasteiger partial charge in [0.2, 0.25) is 0 Å². The zero-order valence-electron chi connectivity index (χ0n) is 9.26. The molecule has 2 nitrogen and oxygen atoms in total. The number of hydrogen-bond donors (Lipinski definition) is 0. The molecule has 0 unspecified atom stereocenters. The van der Waals surface area contributed by atoms with Gasteiger partial charge in [-0.25, -0.2) is 0 Å². The molecular formula is C14H8BrNOS. The van der Waals surface area contributed by atoms with E-state index in [4.69, 9.17) is 5.26 Å². The molecule has 0 atom stereocenters. The van der Waals surface area contributed by atoms with Gasteiger partial charge in [-0.15, -0.1) is 0 Å². The molecule has 0 aliphatic heterocycles. The molecule has 0 heterocycles. The van der Waals surface area contributed by atoms with Crippen molar-refractivity contribution in [2.45, 2.75) is 9.79 Å². The van der Waals surface area contributed by atoms with Crippen molar-refractivity contribution in [3.05, 3.63) is 58.1 Å². The summed E-state index contributed by atoms with van der Waals surface area (Å²) in [4.78, 5) is 12.6. The van der Waals surface area contributed by atoms with Crippen molar-refractivity contribution in [1.82, 2.24) is 0 Å². The van der Waals surface area contributed by atoms with E-state index in [-0.39, 0.29) is 0 Å². The van der Waals surface area contributed by atoms with Gasteiger partial charge >= 0.3 is 0 Å². The van der Waals surface area contributed by atoms with Gasteiger partial charge in [-0.05, 0) is 30.3 Å². The summed E-state index contributed by atoms with van der Waals surface area (Å²) in [7, 11) is 0. The third-order valence-corrected chi connectivity index (χ3v) is 3.84. The molecule has 0 fully saturated rings. The van der Waals surface area contributed by atoms with Gasteiger partial charge in [0.15, 0.2) is 0 Å². The minimum atomic E-state index is 0.518. The second kappa shape index (κ2) is 5.85. The van der Waals surface area contributed by atoms with Gasteiger partial charge in [-0.1, -0.05) is 39.8 Å². The maximum absolute atomic E-state index is 10.7. The quantitative estimate of drug-likeness (QED) is 0.793. The van der Waals surface area contributed by atoms with Crippen molar-refractivity contribution in [3.8, 4) is 6.07 Å². The lowest BCUT2D eigenvalue weighted by Gasteiger charge is -2.04. The van der Waals surface area contributed by atoms with Crippen LogP contribution < -0.4 is 0 Å². The molecular weight excluding hydrogens is 310 g/mol. The predicted molar refractivity (Wildman–Crippen MR) is 74.8 cm³/mol. The molecule has 0 saturated carbocycles. The smallest absolute Gasteiger partial charge is 0.150 e. The number of carbonyl (C=O) groups excluding carboxylic acids is 1. The molecule has 2 aromatic rings. The Morgan fingerprint density at radius 2 is 2.06 bits per heavy atom. The van der Waals surface area contributed by atoms with Crippen LogP contribution in [0.5, 0.6) is 0 Å². The molecule has 0 aromatic heterocycles. The second-order valence-corrected chi connectivity index (χ2v) is 5.58. The van der Waals surface area contributed by atoms with Gasteiger partial charge in [0, 0.05) is 19.8 Å². The van der Waals surface area contributed by atoms with E-state index in [1.165, 1.54) is 11.8 Å². The van der Waals surface area contributed by atoms with Gasteiger partial charge in [0.1, 0.15) is 12.4 Å². The third kappa shape index (κ3) is 3.00. The molecule has 4 heteroatoms. The monoisotopic (exact) mass is 317 g/mol. The summed E-state index contributed by atoms with van der Waals surface area (Å²) in [5.74, 6) is 0. The molecule has 0 aliphatic carbocycles. The van der Waals surface area contributed by atoms with Crippen LogP contribution in [0, 0.1) is 11.3 Å². The van der Waals surface area contributed by atoms with Crippen LogP contribution >= 0.6 is 27.7 Å². The van der Waals surface area contributed by atoms with Crippen molar-refractivity contribution in [2.75, 3.05) is 0 Å². The number of halogens is 1. The first kappa shape index (κ1) is 12.9. The molecule has 0 radical (unpaired) electrons.